The molecule has 1 aliphatic rings. The first-order valence-electron chi connectivity index (χ1n) is 6.08. The van der Waals surface area contributed by atoms with E-state index in [0.717, 1.165) is 11.1 Å². The molecule has 4 nitrogen and oxygen atoms in total. The second-order valence-corrected chi connectivity index (χ2v) is 4.82. The predicted octanol–water partition coefficient (Wildman–Crippen LogP) is 1.99. The summed E-state index contributed by atoms with van der Waals surface area (Å²) in [4.78, 5) is 24.5. The van der Waals surface area contributed by atoms with Crippen molar-refractivity contribution in [1.29, 1.82) is 0 Å². The van der Waals surface area contributed by atoms with Crippen molar-refractivity contribution in [3.8, 4) is 0 Å². The topological polar surface area (TPSA) is 57.6 Å². The molecule has 1 N–H and O–H groups in total. The van der Waals surface area contributed by atoms with Gasteiger partial charge in [0.15, 0.2) is 0 Å². The number of hydrogen-bond acceptors (Lipinski definition) is 2. The number of aryl methyl sites for hydroxylation is 1. The van der Waals surface area contributed by atoms with Gasteiger partial charge in [-0.25, -0.2) is 0 Å². The van der Waals surface area contributed by atoms with Gasteiger partial charge < -0.3 is 10.0 Å². The summed E-state index contributed by atoms with van der Waals surface area (Å²) < 4.78 is 0. The van der Waals surface area contributed by atoms with Crippen LogP contribution in [0, 0.1) is 12.8 Å². The van der Waals surface area contributed by atoms with Gasteiger partial charge in [0.2, 0.25) is 5.91 Å². The van der Waals surface area contributed by atoms with Crippen LogP contribution in [0.25, 0.3) is 0 Å². The lowest BCUT2D eigenvalue weighted by atomic mass is 10.0. The number of amides is 1. The van der Waals surface area contributed by atoms with Gasteiger partial charge in [-0.3, -0.25) is 9.59 Å². The Morgan fingerprint density at radius 3 is 2.67 bits per heavy atom. The molecule has 2 rings (SSSR count). The van der Waals surface area contributed by atoms with E-state index in [1.54, 1.807) is 4.90 Å². The van der Waals surface area contributed by atoms with E-state index in [-0.39, 0.29) is 18.4 Å². The first-order chi connectivity index (χ1) is 8.50. The summed E-state index contributed by atoms with van der Waals surface area (Å²) in [7, 11) is 0. The second kappa shape index (κ2) is 4.80. The highest BCUT2D eigenvalue weighted by Crippen LogP contribution is 2.29. The predicted molar refractivity (Wildman–Crippen MR) is 67.0 cm³/mol. The Morgan fingerprint density at radius 1 is 1.44 bits per heavy atom. The highest BCUT2D eigenvalue weighted by molar-refractivity contribution is 5.86. The van der Waals surface area contributed by atoms with Crippen molar-refractivity contribution >= 4 is 11.9 Å². The summed E-state index contributed by atoms with van der Waals surface area (Å²) >= 11 is 0. The van der Waals surface area contributed by atoms with Crippen LogP contribution in [0.3, 0.4) is 0 Å². The van der Waals surface area contributed by atoms with E-state index >= 15 is 0 Å². The first-order valence-corrected chi connectivity index (χ1v) is 6.08. The third-order valence-corrected chi connectivity index (χ3v) is 3.61. The summed E-state index contributed by atoms with van der Waals surface area (Å²) in [6.07, 6.45) is 0.117. The molecule has 1 aromatic rings. The smallest absolute Gasteiger partial charge is 0.308 e. The zero-order valence-electron chi connectivity index (χ0n) is 10.6. The Hall–Kier alpha value is -1.84. The molecular formula is C14H17NO3. The van der Waals surface area contributed by atoms with Gasteiger partial charge in [0.1, 0.15) is 0 Å². The lowest BCUT2D eigenvalue weighted by molar-refractivity contribution is -0.141. The number of carbonyl (C=O) groups excluding carboxylic acids is 1. The molecule has 0 aromatic heterocycles. The molecule has 0 spiro atoms. The fraction of sp³-hybridized carbons (Fsp3) is 0.429. The Morgan fingerprint density at radius 2 is 2.11 bits per heavy atom. The van der Waals surface area contributed by atoms with Crippen molar-refractivity contribution in [1.82, 2.24) is 4.90 Å². The number of aliphatic carboxylic acids is 1. The molecule has 1 aliphatic heterocycles. The Labute approximate surface area is 106 Å². The molecule has 0 radical (unpaired) electrons. The number of rotatable bonds is 3. The molecule has 1 heterocycles. The van der Waals surface area contributed by atoms with Gasteiger partial charge in [0.05, 0.1) is 12.0 Å². The molecule has 96 valence electrons. The van der Waals surface area contributed by atoms with Crippen LogP contribution in [0.4, 0.5) is 0 Å². The summed E-state index contributed by atoms with van der Waals surface area (Å²) in [5, 5.41) is 8.98. The number of hydrogen-bond donors (Lipinski definition) is 1. The number of carboxylic acid groups (broad SMARTS) is 1. The lowest BCUT2D eigenvalue weighted by Gasteiger charge is -2.26. The fourth-order valence-electron chi connectivity index (χ4n) is 2.49. The largest absolute Gasteiger partial charge is 0.481 e. The van der Waals surface area contributed by atoms with Gasteiger partial charge >= 0.3 is 5.97 Å². The van der Waals surface area contributed by atoms with Gasteiger partial charge in [-0.05, 0) is 25.0 Å². The minimum absolute atomic E-state index is 0.0666. The standard InChI is InChI=1S/C14H17NO3/c1-9-5-3-4-6-12(9)10(2)15-8-11(14(17)18)7-13(15)16/h3-6,10-11H,7-8H2,1-2H3,(H,17,18). The maximum absolute atomic E-state index is 11.9. The zero-order valence-corrected chi connectivity index (χ0v) is 10.6. The second-order valence-electron chi connectivity index (χ2n) is 4.82. The molecule has 18 heavy (non-hydrogen) atoms. The average molecular weight is 247 g/mol. The van der Waals surface area contributed by atoms with Crippen molar-refractivity contribution in [2.45, 2.75) is 26.3 Å². The van der Waals surface area contributed by atoms with E-state index < -0.39 is 11.9 Å². The van der Waals surface area contributed by atoms with Crippen LogP contribution < -0.4 is 0 Å². The number of carbonyl (C=O) groups is 2. The number of carboxylic acids is 1. The minimum atomic E-state index is -0.886. The third-order valence-electron chi connectivity index (χ3n) is 3.61. The van der Waals surface area contributed by atoms with Crippen molar-refractivity contribution in [2.24, 2.45) is 5.92 Å². The van der Waals surface area contributed by atoms with Crippen molar-refractivity contribution in [3.05, 3.63) is 35.4 Å². The van der Waals surface area contributed by atoms with Crippen LogP contribution in [0.2, 0.25) is 0 Å². The minimum Gasteiger partial charge on any atom is -0.481 e. The van der Waals surface area contributed by atoms with E-state index in [9.17, 15) is 9.59 Å². The summed E-state index contributed by atoms with van der Waals surface area (Å²) in [6.45, 7) is 4.26. The Balaban J connectivity index is 2.20. The van der Waals surface area contributed by atoms with Crippen LogP contribution in [0.5, 0.6) is 0 Å². The van der Waals surface area contributed by atoms with Crippen molar-refractivity contribution in [3.63, 3.8) is 0 Å². The molecule has 0 aliphatic carbocycles. The van der Waals surface area contributed by atoms with Gasteiger partial charge in [-0.1, -0.05) is 24.3 Å². The Kier molecular flexibility index (Phi) is 3.36. The normalized spacial score (nSPS) is 21.1. The first kappa shape index (κ1) is 12.6. The monoisotopic (exact) mass is 247 g/mol. The molecule has 1 fully saturated rings. The quantitative estimate of drug-likeness (QED) is 0.888. The zero-order chi connectivity index (χ0) is 13.3. The third kappa shape index (κ3) is 2.23. The Bertz CT molecular complexity index is 484. The van der Waals surface area contributed by atoms with Gasteiger partial charge in [0, 0.05) is 13.0 Å². The highest BCUT2D eigenvalue weighted by atomic mass is 16.4. The van der Waals surface area contributed by atoms with Crippen LogP contribution in [0.1, 0.15) is 30.5 Å². The number of benzene rings is 1. The van der Waals surface area contributed by atoms with Gasteiger partial charge in [-0.15, -0.1) is 0 Å². The molecule has 1 saturated heterocycles. The lowest BCUT2D eigenvalue weighted by Crippen LogP contribution is -2.29. The van der Waals surface area contributed by atoms with Crippen molar-refractivity contribution < 1.29 is 14.7 Å². The SMILES string of the molecule is Cc1ccccc1C(C)N1CC(C(=O)O)CC1=O. The molecule has 1 amide bonds. The number of likely N-dealkylation sites (tertiary alicyclic amines) is 1. The molecule has 4 heteroatoms. The molecule has 2 atom stereocenters. The van der Waals surface area contributed by atoms with E-state index in [1.807, 2.05) is 38.1 Å². The summed E-state index contributed by atoms with van der Waals surface area (Å²) in [5.41, 5.74) is 2.20. The summed E-state index contributed by atoms with van der Waals surface area (Å²) in [6, 6.07) is 7.82. The van der Waals surface area contributed by atoms with Crippen LogP contribution >= 0.6 is 0 Å². The van der Waals surface area contributed by atoms with Gasteiger partial charge in [0.25, 0.3) is 0 Å². The van der Waals surface area contributed by atoms with Crippen molar-refractivity contribution in [2.75, 3.05) is 6.54 Å². The fourth-order valence-corrected chi connectivity index (χ4v) is 2.49. The van der Waals surface area contributed by atoms with E-state index in [1.165, 1.54) is 0 Å². The number of nitrogens with zero attached hydrogens (tertiary/aromatic N) is 1. The average Bonchev–Trinajstić information content (AvgIpc) is 2.71. The maximum atomic E-state index is 11.9. The van der Waals surface area contributed by atoms with Crippen LogP contribution in [-0.4, -0.2) is 28.4 Å². The molecule has 0 saturated carbocycles. The van der Waals surface area contributed by atoms with Crippen LogP contribution in [-0.2, 0) is 9.59 Å². The summed E-state index contributed by atoms with van der Waals surface area (Å²) in [5.74, 6) is -1.52. The molecule has 1 aromatic carbocycles. The van der Waals surface area contributed by atoms with E-state index in [4.69, 9.17) is 5.11 Å². The maximum Gasteiger partial charge on any atom is 0.308 e. The molecule has 0 bridgehead atoms. The van der Waals surface area contributed by atoms with E-state index in [0.29, 0.717) is 6.54 Å². The molecular weight excluding hydrogens is 230 g/mol. The van der Waals surface area contributed by atoms with E-state index in [2.05, 4.69) is 0 Å². The molecule has 2 unspecified atom stereocenters. The van der Waals surface area contributed by atoms with Gasteiger partial charge in [-0.2, -0.15) is 0 Å². The van der Waals surface area contributed by atoms with Crippen LogP contribution in [0.15, 0.2) is 24.3 Å². The highest BCUT2D eigenvalue weighted by Gasteiger charge is 2.37.